The number of fused-ring (bicyclic) bond motifs is 3. The van der Waals surface area contributed by atoms with E-state index < -0.39 is 30.1 Å². The van der Waals surface area contributed by atoms with E-state index in [1.165, 1.54) is 0 Å². The van der Waals surface area contributed by atoms with E-state index in [0.717, 1.165) is 35.1 Å². The molecular formula is C27H32N2O5. The molecule has 2 aromatic carbocycles. The normalized spacial score (nSPS) is 17.1. The Labute approximate surface area is 199 Å². The molecule has 0 radical (unpaired) electrons. The lowest BCUT2D eigenvalue weighted by Gasteiger charge is -2.24. The van der Waals surface area contributed by atoms with Gasteiger partial charge in [0.15, 0.2) is 0 Å². The molecule has 0 bridgehead atoms. The fourth-order valence-electron chi connectivity index (χ4n) is 4.64. The average Bonchev–Trinajstić information content (AvgIpc) is 3.60. The Morgan fingerprint density at radius 2 is 1.59 bits per heavy atom. The van der Waals surface area contributed by atoms with E-state index in [4.69, 9.17) is 4.74 Å². The lowest BCUT2D eigenvalue weighted by atomic mass is 9.98. The summed E-state index contributed by atoms with van der Waals surface area (Å²) in [5.41, 5.74) is 4.51. The van der Waals surface area contributed by atoms with Crippen molar-refractivity contribution in [2.75, 3.05) is 6.61 Å². The quantitative estimate of drug-likeness (QED) is 0.486. The van der Waals surface area contributed by atoms with Crippen LogP contribution in [-0.4, -0.2) is 41.8 Å². The van der Waals surface area contributed by atoms with Gasteiger partial charge in [-0.1, -0.05) is 81.6 Å². The van der Waals surface area contributed by atoms with Gasteiger partial charge in [-0.3, -0.25) is 4.79 Å². The number of rotatable bonds is 10. The molecule has 0 heterocycles. The van der Waals surface area contributed by atoms with Gasteiger partial charge in [-0.2, -0.15) is 0 Å². The fourth-order valence-corrected chi connectivity index (χ4v) is 4.64. The van der Waals surface area contributed by atoms with Crippen LogP contribution in [0.25, 0.3) is 11.1 Å². The molecule has 1 saturated carbocycles. The summed E-state index contributed by atoms with van der Waals surface area (Å²) in [6.45, 7) is 3.82. The second-order valence-corrected chi connectivity index (χ2v) is 9.41. The van der Waals surface area contributed by atoms with Crippen molar-refractivity contribution >= 4 is 18.0 Å². The molecule has 1 fully saturated rings. The first kappa shape index (κ1) is 23.8. The molecule has 4 rings (SSSR count). The zero-order chi connectivity index (χ0) is 24.2. The number of carboxylic acids is 1. The number of ether oxygens (including phenoxy) is 1. The maximum atomic E-state index is 12.9. The summed E-state index contributed by atoms with van der Waals surface area (Å²) in [7, 11) is 0. The standard InChI is InChI=1S/C27H32N2O5/c1-3-16(2)24(26(31)32)29-25(30)23(14-17-12-13-17)28-27(33)34-15-22-20-10-6-4-8-18(20)19-9-5-7-11-21(19)22/h4-11,16-17,22-24H,3,12-15H2,1-2H3,(H,28,33)(H,29,30)(H,31,32)/t16?,23?,24-/m0/s1. The van der Waals surface area contributed by atoms with Gasteiger partial charge in [0.1, 0.15) is 18.7 Å². The Kier molecular flexibility index (Phi) is 7.20. The Balaban J connectivity index is 1.41. The lowest BCUT2D eigenvalue weighted by Crippen LogP contribution is -2.53. The third-order valence-corrected chi connectivity index (χ3v) is 7.00. The number of alkyl carbamates (subject to hydrolysis) is 1. The zero-order valence-corrected chi connectivity index (χ0v) is 19.6. The van der Waals surface area contributed by atoms with Crippen molar-refractivity contribution in [3.05, 3.63) is 59.7 Å². The summed E-state index contributed by atoms with van der Waals surface area (Å²) in [5.74, 6) is -1.49. The van der Waals surface area contributed by atoms with Crippen LogP contribution in [0.4, 0.5) is 4.79 Å². The van der Waals surface area contributed by atoms with Crippen molar-refractivity contribution in [3.63, 3.8) is 0 Å². The summed E-state index contributed by atoms with van der Waals surface area (Å²) in [4.78, 5) is 37.3. The zero-order valence-electron chi connectivity index (χ0n) is 19.6. The molecule has 34 heavy (non-hydrogen) atoms. The Hall–Kier alpha value is -3.35. The van der Waals surface area contributed by atoms with Gasteiger partial charge in [0.25, 0.3) is 0 Å². The second kappa shape index (κ2) is 10.3. The molecule has 2 unspecified atom stereocenters. The number of aliphatic carboxylic acids is 1. The molecule has 0 aliphatic heterocycles. The van der Waals surface area contributed by atoms with Crippen LogP contribution in [0, 0.1) is 11.8 Å². The smallest absolute Gasteiger partial charge is 0.407 e. The first-order valence-electron chi connectivity index (χ1n) is 12.0. The van der Waals surface area contributed by atoms with Gasteiger partial charge in [0, 0.05) is 5.92 Å². The summed E-state index contributed by atoms with van der Waals surface area (Å²) >= 11 is 0. The number of carbonyl (C=O) groups is 3. The molecule has 2 aliphatic rings. The summed E-state index contributed by atoms with van der Waals surface area (Å²) in [5, 5.41) is 14.8. The molecule has 0 aromatic heterocycles. The van der Waals surface area contributed by atoms with E-state index in [1.807, 2.05) is 43.3 Å². The minimum Gasteiger partial charge on any atom is -0.480 e. The maximum Gasteiger partial charge on any atom is 0.407 e. The van der Waals surface area contributed by atoms with E-state index in [-0.39, 0.29) is 18.4 Å². The third kappa shape index (κ3) is 5.24. The predicted molar refractivity (Wildman–Crippen MR) is 128 cm³/mol. The lowest BCUT2D eigenvalue weighted by molar-refractivity contribution is -0.143. The first-order valence-corrected chi connectivity index (χ1v) is 12.0. The summed E-state index contributed by atoms with van der Waals surface area (Å²) < 4.78 is 5.60. The first-order chi connectivity index (χ1) is 16.4. The highest BCUT2D eigenvalue weighted by Crippen LogP contribution is 2.44. The number of hydrogen-bond donors (Lipinski definition) is 3. The van der Waals surface area contributed by atoms with Crippen LogP contribution in [0.5, 0.6) is 0 Å². The van der Waals surface area contributed by atoms with Gasteiger partial charge in [0.2, 0.25) is 5.91 Å². The highest BCUT2D eigenvalue weighted by atomic mass is 16.5. The van der Waals surface area contributed by atoms with E-state index in [2.05, 4.69) is 22.8 Å². The van der Waals surface area contributed by atoms with Gasteiger partial charge in [-0.15, -0.1) is 0 Å². The molecule has 2 aromatic rings. The highest BCUT2D eigenvalue weighted by molar-refractivity contribution is 5.89. The summed E-state index contributed by atoms with van der Waals surface area (Å²) in [6.07, 6.45) is 2.43. The van der Waals surface area contributed by atoms with Crippen molar-refractivity contribution in [2.45, 2.75) is 57.5 Å². The second-order valence-electron chi connectivity index (χ2n) is 9.41. The molecule has 2 aliphatic carbocycles. The molecule has 0 saturated heterocycles. The number of carbonyl (C=O) groups excluding carboxylic acids is 2. The number of carboxylic acid groups (broad SMARTS) is 1. The molecule has 3 N–H and O–H groups in total. The van der Waals surface area contributed by atoms with E-state index >= 15 is 0 Å². The van der Waals surface area contributed by atoms with Crippen molar-refractivity contribution in [1.82, 2.24) is 10.6 Å². The number of benzene rings is 2. The van der Waals surface area contributed by atoms with Crippen molar-refractivity contribution < 1.29 is 24.2 Å². The van der Waals surface area contributed by atoms with Crippen LogP contribution in [0.15, 0.2) is 48.5 Å². The predicted octanol–water partition coefficient (Wildman–Crippen LogP) is 4.31. The van der Waals surface area contributed by atoms with E-state index in [0.29, 0.717) is 18.8 Å². The Morgan fingerprint density at radius 3 is 2.12 bits per heavy atom. The SMILES string of the molecule is CCC(C)[C@H](NC(=O)C(CC1CC1)NC(=O)OCC1c2ccccc2-c2ccccc21)C(=O)O. The number of nitrogens with one attached hydrogen (secondary N) is 2. The van der Waals surface area contributed by atoms with Gasteiger partial charge >= 0.3 is 12.1 Å². The topological polar surface area (TPSA) is 105 Å². The van der Waals surface area contributed by atoms with Crippen LogP contribution in [-0.2, 0) is 14.3 Å². The van der Waals surface area contributed by atoms with E-state index in [9.17, 15) is 19.5 Å². The van der Waals surface area contributed by atoms with Gasteiger partial charge in [-0.25, -0.2) is 9.59 Å². The van der Waals surface area contributed by atoms with Crippen molar-refractivity contribution in [1.29, 1.82) is 0 Å². The van der Waals surface area contributed by atoms with Crippen LogP contribution in [0.3, 0.4) is 0 Å². The fraction of sp³-hybridized carbons (Fsp3) is 0.444. The minimum atomic E-state index is -1.07. The van der Waals surface area contributed by atoms with Gasteiger partial charge in [0.05, 0.1) is 0 Å². The van der Waals surface area contributed by atoms with Crippen molar-refractivity contribution in [2.24, 2.45) is 11.8 Å². The Morgan fingerprint density at radius 1 is 1.00 bits per heavy atom. The average molecular weight is 465 g/mol. The monoisotopic (exact) mass is 464 g/mol. The molecule has 2 amide bonds. The third-order valence-electron chi connectivity index (χ3n) is 7.00. The largest absolute Gasteiger partial charge is 0.480 e. The molecule has 7 heteroatoms. The van der Waals surface area contributed by atoms with E-state index in [1.54, 1.807) is 6.92 Å². The molecule has 7 nitrogen and oxygen atoms in total. The van der Waals surface area contributed by atoms with Crippen LogP contribution in [0.1, 0.15) is 56.6 Å². The maximum absolute atomic E-state index is 12.9. The molecule has 180 valence electrons. The molecule has 3 atom stereocenters. The minimum absolute atomic E-state index is 0.0735. The molecule has 0 spiro atoms. The number of amides is 2. The Bertz CT molecular complexity index is 1020. The summed E-state index contributed by atoms with van der Waals surface area (Å²) in [6, 6.07) is 14.4. The van der Waals surface area contributed by atoms with Crippen molar-refractivity contribution in [3.8, 4) is 11.1 Å². The van der Waals surface area contributed by atoms with Crippen LogP contribution >= 0.6 is 0 Å². The van der Waals surface area contributed by atoms with Gasteiger partial charge in [-0.05, 0) is 40.5 Å². The number of hydrogen-bond acceptors (Lipinski definition) is 4. The van der Waals surface area contributed by atoms with Crippen LogP contribution in [0.2, 0.25) is 0 Å². The van der Waals surface area contributed by atoms with Gasteiger partial charge < -0.3 is 20.5 Å². The van der Waals surface area contributed by atoms with Crippen LogP contribution < -0.4 is 10.6 Å². The molecular weight excluding hydrogens is 432 g/mol. The highest BCUT2D eigenvalue weighted by Gasteiger charge is 2.35.